The van der Waals surface area contributed by atoms with Crippen LogP contribution in [0.3, 0.4) is 0 Å². The number of piperidine rings is 1. The first-order valence-corrected chi connectivity index (χ1v) is 7.94. The number of hydrogen-bond acceptors (Lipinski definition) is 4. The van der Waals surface area contributed by atoms with E-state index >= 15 is 0 Å². The van der Waals surface area contributed by atoms with Crippen LogP contribution in [0.15, 0.2) is 18.2 Å². The van der Waals surface area contributed by atoms with Crippen LogP contribution in [0.4, 0.5) is 10.1 Å². The molecule has 0 unspecified atom stereocenters. The predicted molar refractivity (Wildman–Crippen MR) is 87.2 cm³/mol. The van der Waals surface area contributed by atoms with Crippen molar-refractivity contribution in [1.82, 2.24) is 5.32 Å². The fourth-order valence-electron chi connectivity index (χ4n) is 2.82. The first-order chi connectivity index (χ1) is 11.0. The Morgan fingerprint density at radius 2 is 2.09 bits per heavy atom. The van der Waals surface area contributed by atoms with E-state index in [2.05, 4.69) is 10.6 Å². The van der Waals surface area contributed by atoms with E-state index in [1.807, 2.05) is 13.8 Å². The van der Waals surface area contributed by atoms with E-state index < -0.39 is 11.2 Å². The smallest absolute Gasteiger partial charge is 0.233 e. The Morgan fingerprint density at radius 1 is 1.39 bits per heavy atom. The van der Waals surface area contributed by atoms with Crippen LogP contribution >= 0.6 is 0 Å². The molecule has 1 aliphatic rings. The van der Waals surface area contributed by atoms with Crippen molar-refractivity contribution < 1.29 is 18.7 Å². The lowest BCUT2D eigenvalue weighted by molar-refractivity contribution is -0.130. The highest BCUT2D eigenvalue weighted by molar-refractivity contribution is 5.95. The monoisotopic (exact) mass is 324 g/mol. The van der Waals surface area contributed by atoms with Crippen LogP contribution < -0.4 is 15.4 Å². The molecule has 23 heavy (non-hydrogen) atoms. The maximum atomic E-state index is 14.2. The largest absolute Gasteiger partial charge is 0.491 e. The summed E-state index contributed by atoms with van der Waals surface area (Å²) < 4.78 is 24.9. The Hall–Kier alpha value is -1.66. The molecule has 1 heterocycles. The van der Waals surface area contributed by atoms with E-state index in [4.69, 9.17) is 9.47 Å². The number of benzene rings is 1. The lowest BCUT2D eigenvalue weighted by atomic mass is 9.78. The molecule has 1 aromatic rings. The zero-order valence-corrected chi connectivity index (χ0v) is 13.9. The van der Waals surface area contributed by atoms with Gasteiger partial charge in [0.2, 0.25) is 5.91 Å². The molecule has 0 aliphatic carbocycles. The Labute approximate surface area is 136 Å². The van der Waals surface area contributed by atoms with Crippen molar-refractivity contribution >= 4 is 11.6 Å². The van der Waals surface area contributed by atoms with Gasteiger partial charge in [-0.3, -0.25) is 4.79 Å². The number of carbonyl (C=O) groups excluding carboxylic acids is 1. The number of amides is 1. The van der Waals surface area contributed by atoms with Gasteiger partial charge in [0.1, 0.15) is 11.6 Å². The average molecular weight is 324 g/mol. The summed E-state index contributed by atoms with van der Waals surface area (Å²) in [4.78, 5) is 12.7. The first kappa shape index (κ1) is 17.7. The van der Waals surface area contributed by atoms with E-state index in [0.29, 0.717) is 25.2 Å². The third kappa shape index (κ3) is 4.42. The Bertz CT molecular complexity index is 537. The highest BCUT2D eigenvalue weighted by Crippen LogP contribution is 2.32. The summed E-state index contributed by atoms with van der Waals surface area (Å²) in [6, 6.07) is 4.48. The second-order valence-corrected chi connectivity index (χ2v) is 6.23. The van der Waals surface area contributed by atoms with Gasteiger partial charge in [0.05, 0.1) is 23.8 Å². The van der Waals surface area contributed by atoms with E-state index in [-0.39, 0.29) is 17.7 Å². The first-order valence-electron chi connectivity index (χ1n) is 7.94. The number of halogens is 1. The summed E-state index contributed by atoms with van der Waals surface area (Å²) in [5, 5.41) is 5.94. The normalized spacial score (nSPS) is 17.1. The van der Waals surface area contributed by atoms with Gasteiger partial charge in [-0.2, -0.15) is 0 Å². The van der Waals surface area contributed by atoms with Gasteiger partial charge in [-0.05, 0) is 51.9 Å². The SMILES string of the molecule is COCC1(C(=O)Nc2ccc(OC(C)C)cc2F)CCNCC1. The van der Waals surface area contributed by atoms with Gasteiger partial charge in [0, 0.05) is 13.2 Å². The summed E-state index contributed by atoms with van der Waals surface area (Å²) >= 11 is 0. The molecule has 2 N–H and O–H groups in total. The van der Waals surface area contributed by atoms with Gasteiger partial charge in [-0.15, -0.1) is 0 Å². The Balaban J connectivity index is 2.12. The molecule has 0 radical (unpaired) electrons. The van der Waals surface area contributed by atoms with Crippen LogP contribution in [0, 0.1) is 11.2 Å². The second kappa shape index (κ2) is 7.75. The highest BCUT2D eigenvalue weighted by Gasteiger charge is 2.39. The summed E-state index contributed by atoms with van der Waals surface area (Å²) in [6.07, 6.45) is 1.31. The minimum Gasteiger partial charge on any atom is -0.491 e. The molecule has 5 nitrogen and oxygen atoms in total. The van der Waals surface area contributed by atoms with Crippen LogP contribution in [0.2, 0.25) is 0 Å². The number of hydrogen-bond donors (Lipinski definition) is 2. The van der Waals surface area contributed by atoms with E-state index in [9.17, 15) is 9.18 Å². The van der Waals surface area contributed by atoms with E-state index in [1.54, 1.807) is 13.2 Å². The fraction of sp³-hybridized carbons (Fsp3) is 0.588. The molecule has 0 saturated carbocycles. The molecule has 0 spiro atoms. The van der Waals surface area contributed by atoms with Gasteiger partial charge < -0.3 is 20.1 Å². The number of anilines is 1. The molecule has 0 atom stereocenters. The molecule has 1 saturated heterocycles. The molecule has 6 heteroatoms. The van der Waals surface area contributed by atoms with Crippen molar-refractivity contribution in [3.63, 3.8) is 0 Å². The molecule has 1 aromatic carbocycles. The lowest BCUT2D eigenvalue weighted by Crippen LogP contribution is -2.47. The standard InChI is InChI=1S/C17H25FN2O3/c1-12(2)23-13-4-5-15(14(18)10-13)20-16(21)17(11-22-3)6-8-19-9-7-17/h4-5,10,12,19H,6-9,11H2,1-3H3,(H,20,21). The van der Waals surface area contributed by atoms with Crippen molar-refractivity contribution in [2.75, 3.05) is 32.1 Å². The molecule has 0 bridgehead atoms. The summed E-state index contributed by atoms with van der Waals surface area (Å²) in [5.41, 5.74) is -0.445. The summed E-state index contributed by atoms with van der Waals surface area (Å²) in [6.45, 7) is 5.58. The van der Waals surface area contributed by atoms with Crippen LogP contribution in [-0.2, 0) is 9.53 Å². The Kier molecular flexibility index (Phi) is 5.96. The fourth-order valence-corrected chi connectivity index (χ4v) is 2.82. The van der Waals surface area contributed by atoms with Crippen molar-refractivity contribution in [2.24, 2.45) is 5.41 Å². The molecule has 2 rings (SSSR count). The third-order valence-corrected chi connectivity index (χ3v) is 4.02. The van der Waals surface area contributed by atoms with Crippen molar-refractivity contribution in [3.8, 4) is 5.75 Å². The number of methoxy groups -OCH3 is 1. The van der Waals surface area contributed by atoms with Crippen LogP contribution in [-0.4, -0.2) is 38.8 Å². The molecular weight excluding hydrogens is 299 g/mol. The Morgan fingerprint density at radius 3 is 2.65 bits per heavy atom. The maximum Gasteiger partial charge on any atom is 0.233 e. The molecular formula is C17H25FN2O3. The van der Waals surface area contributed by atoms with Gasteiger partial charge >= 0.3 is 0 Å². The number of carbonyl (C=O) groups is 1. The molecule has 128 valence electrons. The summed E-state index contributed by atoms with van der Waals surface area (Å²) in [5.74, 6) is -0.251. The number of nitrogens with one attached hydrogen (secondary N) is 2. The number of ether oxygens (including phenoxy) is 2. The van der Waals surface area contributed by atoms with Crippen LogP contribution in [0.1, 0.15) is 26.7 Å². The van der Waals surface area contributed by atoms with Crippen molar-refractivity contribution in [1.29, 1.82) is 0 Å². The molecule has 1 amide bonds. The lowest BCUT2D eigenvalue weighted by Gasteiger charge is -2.35. The van der Waals surface area contributed by atoms with Crippen LogP contribution in [0.5, 0.6) is 5.75 Å². The second-order valence-electron chi connectivity index (χ2n) is 6.23. The van der Waals surface area contributed by atoms with Crippen molar-refractivity contribution in [3.05, 3.63) is 24.0 Å². The topological polar surface area (TPSA) is 59.6 Å². The maximum absolute atomic E-state index is 14.2. The zero-order chi connectivity index (χ0) is 16.9. The molecule has 1 aliphatic heterocycles. The minimum absolute atomic E-state index is 0.0328. The van der Waals surface area contributed by atoms with Crippen LogP contribution in [0.25, 0.3) is 0 Å². The molecule has 0 aromatic heterocycles. The predicted octanol–water partition coefficient (Wildman–Crippen LogP) is 2.57. The van der Waals surface area contributed by atoms with Gasteiger partial charge in [-0.25, -0.2) is 4.39 Å². The third-order valence-electron chi connectivity index (χ3n) is 4.02. The molecule has 1 fully saturated rings. The summed E-state index contributed by atoms with van der Waals surface area (Å²) in [7, 11) is 1.58. The van der Waals surface area contributed by atoms with Gasteiger partial charge in [0.15, 0.2) is 0 Å². The highest BCUT2D eigenvalue weighted by atomic mass is 19.1. The number of rotatable bonds is 6. The minimum atomic E-state index is -0.612. The van der Waals surface area contributed by atoms with Gasteiger partial charge in [-0.1, -0.05) is 0 Å². The quantitative estimate of drug-likeness (QED) is 0.844. The van der Waals surface area contributed by atoms with Crippen molar-refractivity contribution in [2.45, 2.75) is 32.8 Å². The van der Waals surface area contributed by atoms with E-state index in [1.165, 1.54) is 12.1 Å². The zero-order valence-electron chi connectivity index (χ0n) is 13.9. The van der Waals surface area contributed by atoms with Gasteiger partial charge in [0.25, 0.3) is 0 Å². The van der Waals surface area contributed by atoms with E-state index in [0.717, 1.165) is 13.1 Å². The average Bonchev–Trinajstić information content (AvgIpc) is 2.50.